The number of benzene rings is 5. The number of nitrogens with zero attached hydrogens (tertiary/aromatic N) is 5. The van der Waals surface area contributed by atoms with Crippen molar-refractivity contribution >= 4 is 21.5 Å². The highest BCUT2D eigenvalue weighted by Crippen LogP contribution is 2.29. The van der Waals surface area contributed by atoms with Crippen LogP contribution in [-0.2, 0) is 0 Å². The van der Waals surface area contributed by atoms with Gasteiger partial charge in [-0.1, -0.05) is 97.1 Å². The summed E-state index contributed by atoms with van der Waals surface area (Å²) < 4.78 is 0. The molecular weight excluding hydrogens is 466 g/mol. The van der Waals surface area contributed by atoms with Crippen molar-refractivity contribution in [3.8, 4) is 45.6 Å². The van der Waals surface area contributed by atoms with Crippen LogP contribution in [0.5, 0.6) is 0 Å². The van der Waals surface area contributed by atoms with Gasteiger partial charge in [0.15, 0.2) is 23.3 Å². The third-order valence-electron chi connectivity index (χ3n) is 6.62. The van der Waals surface area contributed by atoms with E-state index in [9.17, 15) is 0 Å². The lowest BCUT2D eigenvalue weighted by molar-refractivity contribution is 1.07. The zero-order chi connectivity index (χ0) is 25.3. The maximum absolute atomic E-state index is 4.94. The van der Waals surface area contributed by atoms with E-state index in [2.05, 4.69) is 70.6 Å². The molecule has 38 heavy (non-hydrogen) atoms. The third-order valence-corrected chi connectivity index (χ3v) is 6.62. The maximum Gasteiger partial charge on any atom is 0.164 e. The van der Waals surface area contributed by atoms with Crippen LogP contribution in [0, 0.1) is 0 Å². The van der Waals surface area contributed by atoms with Crippen LogP contribution in [0.4, 0.5) is 0 Å². The molecule has 0 fully saturated rings. The molecule has 7 aromatic rings. The first-order chi connectivity index (χ1) is 18.8. The van der Waals surface area contributed by atoms with Gasteiger partial charge < -0.3 is 0 Å². The van der Waals surface area contributed by atoms with E-state index in [1.165, 1.54) is 10.8 Å². The largest absolute Gasteiger partial charge is 0.237 e. The highest BCUT2D eigenvalue weighted by molar-refractivity contribution is 5.88. The van der Waals surface area contributed by atoms with Crippen molar-refractivity contribution in [2.45, 2.75) is 0 Å². The fourth-order valence-electron chi connectivity index (χ4n) is 4.64. The Labute approximate surface area is 219 Å². The highest BCUT2D eigenvalue weighted by Gasteiger charge is 2.13. The maximum atomic E-state index is 4.94. The smallest absolute Gasteiger partial charge is 0.164 e. The molecule has 0 saturated heterocycles. The Balaban J connectivity index is 1.38. The molecule has 178 valence electrons. The van der Waals surface area contributed by atoms with Gasteiger partial charge in [-0.15, -0.1) is 0 Å². The van der Waals surface area contributed by atoms with Gasteiger partial charge in [0.2, 0.25) is 0 Å². The van der Waals surface area contributed by atoms with Crippen LogP contribution in [0.15, 0.2) is 128 Å². The van der Waals surface area contributed by atoms with Crippen molar-refractivity contribution in [3.05, 3.63) is 128 Å². The molecule has 0 bridgehead atoms. The monoisotopic (exact) mass is 487 g/mol. The van der Waals surface area contributed by atoms with Crippen molar-refractivity contribution < 1.29 is 0 Å². The molecule has 0 atom stereocenters. The van der Waals surface area contributed by atoms with E-state index in [0.29, 0.717) is 23.3 Å². The van der Waals surface area contributed by atoms with Gasteiger partial charge in [-0.25, -0.2) is 24.9 Å². The number of rotatable bonds is 4. The first-order valence-electron chi connectivity index (χ1n) is 12.4. The predicted molar refractivity (Wildman–Crippen MR) is 152 cm³/mol. The number of hydrogen-bond donors (Lipinski definition) is 0. The summed E-state index contributed by atoms with van der Waals surface area (Å²) in [5.41, 5.74) is 3.73. The first-order valence-corrected chi connectivity index (χ1v) is 12.4. The Morgan fingerprint density at radius 2 is 0.711 bits per heavy atom. The molecule has 0 amide bonds. The topological polar surface area (TPSA) is 64.5 Å². The Hall–Kier alpha value is -5.29. The van der Waals surface area contributed by atoms with Crippen LogP contribution in [0.3, 0.4) is 0 Å². The minimum Gasteiger partial charge on any atom is -0.237 e. The zero-order valence-corrected chi connectivity index (χ0v) is 20.4. The van der Waals surface area contributed by atoms with Crippen molar-refractivity contribution in [2.75, 3.05) is 0 Å². The summed E-state index contributed by atoms with van der Waals surface area (Å²) in [7, 11) is 0. The standard InChI is InChI=1S/C33H21N5/c1-3-8-26-20-28(16-10-22(26)6-1)32-36-31(25-14-12-24(13-15-25)30-34-18-5-19-35-30)37-33(38-32)29-17-11-23-7-2-4-9-27(23)21-29/h1-21H. The van der Waals surface area contributed by atoms with Gasteiger partial charge in [-0.2, -0.15) is 0 Å². The fourth-order valence-corrected chi connectivity index (χ4v) is 4.64. The summed E-state index contributed by atoms with van der Waals surface area (Å²) in [4.78, 5) is 23.5. The van der Waals surface area contributed by atoms with Gasteiger partial charge in [0, 0.05) is 34.6 Å². The molecule has 5 heteroatoms. The summed E-state index contributed by atoms with van der Waals surface area (Å²) in [6, 6.07) is 39.1. The van der Waals surface area contributed by atoms with E-state index < -0.39 is 0 Å². The number of aromatic nitrogens is 5. The zero-order valence-electron chi connectivity index (χ0n) is 20.4. The summed E-state index contributed by atoms with van der Waals surface area (Å²) >= 11 is 0. The summed E-state index contributed by atoms with van der Waals surface area (Å²) in [6.07, 6.45) is 3.49. The minimum atomic E-state index is 0.617. The highest BCUT2D eigenvalue weighted by atomic mass is 15.0. The van der Waals surface area contributed by atoms with Gasteiger partial charge in [-0.3, -0.25) is 0 Å². The second-order valence-corrected chi connectivity index (χ2v) is 9.08. The molecule has 2 heterocycles. The van der Waals surface area contributed by atoms with Gasteiger partial charge >= 0.3 is 0 Å². The lowest BCUT2D eigenvalue weighted by Crippen LogP contribution is -2.00. The molecule has 0 aliphatic carbocycles. The summed E-state index contributed by atoms with van der Waals surface area (Å²) in [6.45, 7) is 0. The Morgan fingerprint density at radius 1 is 0.316 bits per heavy atom. The van der Waals surface area contributed by atoms with Crippen LogP contribution in [0.2, 0.25) is 0 Å². The minimum absolute atomic E-state index is 0.617. The summed E-state index contributed by atoms with van der Waals surface area (Å²) in [5.74, 6) is 2.58. The normalized spacial score (nSPS) is 11.2. The van der Waals surface area contributed by atoms with Gasteiger partial charge in [0.05, 0.1) is 0 Å². The van der Waals surface area contributed by atoms with Crippen LogP contribution < -0.4 is 0 Å². The van der Waals surface area contributed by atoms with Crippen molar-refractivity contribution in [1.29, 1.82) is 0 Å². The number of hydrogen-bond acceptors (Lipinski definition) is 5. The molecule has 7 rings (SSSR count). The SMILES string of the molecule is c1cnc(-c2ccc(-c3nc(-c4ccc5ccccc5c4)nc(-c4ccc5ccccc5c4)n3)cc2)nc1. The van der Waals surface area contributed by atoms with Crippen LogP contribution in [0.1, 0.15) is 0 Å². The van der Waals surface area contributed by atoms with E-state index >= 15 is 0 Å². The van der Waals surface area contributed by atoms with E-state index in [1.54, 1.807) is 12.4 Å². The molecule has 0 aliphatic heterocycles. The molecule has 0 radical (unpaired) electrons. The van der Waals surface area contributed by atoms with Gasteiger partial charge in [-0.05, 0) is 39.7 Å². The Bertz CT molecular complexity index is 1820. The average Bonchev–Trinajstić information content (AvgIpc) is 3.01. The Morgan fingerprint density at radius 3 is 1.21 bits per heavy atom. The molecule has 5 aromatic carbocycles. The lowest BCUT2D eigenvalue weighted by atomic mass is 10.1. The predicted octanol–water partition coefficient (Wildman–Crippen LogP) is 7.64. The molecule has 0 unspecified atom stereocenters. The van der Waals surface area contributed by atoms with Crippen LogP contribution in [0.25, 0.3) is 67.1 Å². The lowest BCUT2D eigenvalue weighted by Gasteiger charge is -2.10. The van der Waals surface area contributed by atoms with E-state index in [-0.39, 0.29) is 0 Å². The third kappa shape index (κ3) is 4.16. The van der Waals surface area contributed by atoms with Gasteiger partial charge in [0.1, 0.15) is 0 Å². The van der Waals surface area contributed by atoms with Crippen molar-refractivity contribution in [2.24, 2.45) is 0 Å². The number of fused-ring (bicyclic) bond motifs is 2. The second kappa shape index (κ2) is 9.30. The molecule has 0 spiro atoms. The summed E-state index contributed by atoms with van der Waals surface area (Å²) in [5, 5.41) is 4.65. The van der Waals surface area contributed by atoms with E-state index in [0.717, 1.165) is 33.0 Å². The van der Waals surface area contributed by atoms with E-state index in [1.807, 2.05) is 54.6 Å². The fraction of sp³-hybridized carbons (Fsp3) is 0. The molecule has 2 aromatic heterocycles. The average molecular weight is 488 g/mol. The van der Waals surface area contributed by atoms with Crippen LogP contribution in [-0.4, -0.2) is 24.9 Å². The Kier molecular flexibility index (Phi) is 5.37. The molecule has 0 aliphatic rings. The molecule has 5 nitrogen and oxygen atoms in total. The van der Waals surface area contributed by atoms with Crippen molar-refractivity contribution in [3.63, 3.8) is 0 Å². The quantitative estimate of drug-likeness (QED) is 0.255. The molecular formula is C33H21N5. The molecule has 0 N–H and O–H groups in total. The van der Waals surface area contributed by atoms with Gasteiger partial charge in [0.25, 0.3) is 0 Å². The van der Waals surface area contributed by atoms with E-state index in [4.69, 9.17) is 15.0 Å². The second-order valence-electron chi connectivity index (χ2n) is 9.08. The molecule has 0 saturated carbocycles. The van der Waals surface area contributed by atoms with Crippen molar-refractivity contribution in [1.82, 2.24) is 24.9 Å². The first kappa shape index (κ1) is 21.9. The van der Waals surface area contributed by atoms with Crippen LogP contribution >= 0.6 is 0 Å².